The lowest BCUT2D eigenvalue weighted by Gasteiger charge is -2.32. The molecule has 1 aromatic rings. The number of hydrogen-bond donors (Lipinski definition) is 1. The third kappa shape index (κ3) is 4.55. The first-order valence-corrected chi connectivity index (χ1v) is 7.05. The highest BCUT2D eigenvalue weighted by Crippen LogP contribution is 2.19. The number of nitrogens with zero attached hydrogens (tertiary/aromatic N) is 1. The third-order valence-corrected chi connectivity index (χ3v) is 3.72. The quantitative estimate of drug-likeness (QED) is 0.883. The van der Waals surface area contributed by atoms with Crippen molar-refractivity contribution in [2.75, 3.05) is 26.2 Å². The van der Waals surface area contributed by atoms with Crippen LogP contribution in [0, 0.1) is 17.6 Å². The van der Waals surface area contributed by atoms with Crippen LogP contribution in [0.1, 0.15) is 25.3 Å². The zero-order valence-electron chi connectivity index (χ0n) is 11.5. The second-order valence-corrected chi connectivity index (χ2v) is 5.30. The minimum Gasteiger partial charge on any atom is -0.317 e. The van der Waals surface area contributed by atoms with E-state index in [1.807, 2.05) is 0 Å². The second kappa shape index (κ2) is 6.96. The molecule has 1 saturated heterocycles. The summed E-state index contributed by atoms with van der Waals surface area (Å²) in [5.41, 5.74) is 0.725. The molecule has 1 aliphatic rings. The molecule has 2 nitrogen and oxygen atoms in total. The molecule has 0 amide bonds. The number of rotatable bonds is 5. The molecule has 0 unspecified atom stereocenters. The Kier molecular flexibility index (Phi) is 5.28. The van der Waals surface area contributed by atoms with Gasteiger partial charge in [-0.05, 0) is 62.6 Å². The molecule has 1 aromatic carbocycles. The van der Waals surface area contributed by atoms with Gasteiger partial charge in [0.2, 0.25) is 0 Å². The van der Waals surface area contributed by atoms with Crippen LogP contribution >= 0.6 is 0 Å². The summed E-state index contributed by atoms with van der Waals surface area (Å²) in [5.74, 6) is -0.241. The number of likely N-dealkylation sites (tertiary alicyclic amines) is 1. The number of piperidine rings is 1. The van der Waals surface area contributed by atoms with Crippen LogP contribution in [0.3, 0.4) is 0 Å². The Labute approximate surface area is 113 Å². The first kappa shape index (κ1) is 14.4. The summed E-state index contributed by atoms with van der Waals surface area (Å²) < 4.78 is 26.2. The normalized spacial score (nSPS) is 17.8. The molecule has 19 heavy (non-hydrogen) atoms. The van der Waals surface area contributed by atoms with E-state index < -0.39 is 11.6 Å². The lowest BCUT2D eigenvalue weighted by atomic mass is 9.96. The minimum absolute atomic E-state index is 0.489. The fraction of sp³-hybridized carbons (Fsp3) is 0.600. The number of hydrogen-bond acceptors (Lipinski definition) is 2. The van der Waals surface area contributed by atoms with Gasteiger partial charge >= 0.3 is 0 Å². The van der Waals surface area contributed by atoms with Crippen molar-refractivity contribution in [2.45, 2.75) is 26.3 Å². The summed E-state index contributed by atoms with van der Waals surface area (Å²) in [6.45, 7) is 6.88. The smallest absolute Gasteiger partial charge is 0.126 e. The van der Waals surface area contributed by atoms with Crippen LogP contribution in [0.2, 0.25) is 0 Å². The average molecular weight is 268 g/mol. The summed E-state index contributed by atoms with van der Waals surface area (Å²) in [5, 5.41) is 3.38. The largest absolute Gasteiger partial charge is 0.317 e. The predicted octanol–water partition coefficient (Wildman–Crippen LogP) is 2.79. The molecule has 1 N–H and O–H groups in total. The molecule has 1 aliphatic heterocycles. The van der Waals surface area contributed by atoms with Crippen LogP contribution in [0.4, 0.5) is 8.78 Å². The van der Waals surface area contributed by atoms with E-state index in [1.165, 1.54) is 12.1 Å². The molecule has 0 aromatic heterocycles. The fourth-order valence-electron chi connectivity index (χ4n) is 2.66. The molecule has 2 rings (SSSR count). The van der Waals surface area contributed by atoms with Crippen LogP contribution < -0.4 is 5.32 Å². The van der Waals surface area contributed by atoms with E-state index in [0.29, 0.717) is 6.54 Å². The Morgan fingerprint density at radius 2 is 1.79 bits per heavy atom. The summed E-state index contributed by atoms with van der Waals surface area (Å²) in [7, 11) is 0. The zero-order chi connectivity index (χ0) is 13.7. The highest BCUT2D eigenvalue weighted by Gasteiger charge is 2.19. The van der Waals surface area contributed by atoms with Crippen molar-refractivity contribution in [2.24, 2.45) is 5.92 Å². The maximum absolute atomic E-state index is 13.1. The SMILES string of the molecule is CCNCC1CCN(Cc2cc(F)cc(F)c2)CC1. The highest BCUT2D eigenvalue weighted by molar-refractivity contribution is 5.17. The molecular formula is C15H22F2N2. The van der Waals surface area contributed by atoms with Crippen molar-refractivity contribution >= 4 is 0 Å². The van der Waals surface area contributed by atoms with E-state index in [0.717, 1.165) is 56.6 Å². The van der Waals surface area contributed by atoms with Crippen molar-refractivity contribution in [3.63, 3.8) is 0 Å². The van der Waals surface area contributed by atoms with Gasteiger partial charge in [-0.2, -0.15) is 0 Å². The van der Waals surface area contributed by atoms with Crippen LogP contribution in [0.25, 0.3) is 0 Å². The summed E-state index contributed by atoms with van der Waals surface area (Å²) >= 11 is 0. The molecular weight excluding hydrogens is 246 g/mol. The third-order valence-electron chi connectivity index (χ3n) is 3.72. The van der Waals surface area contributed by atoms with Gasteiger partial charge < -0.3 is 5.32 Å². The first-order valence-electron chi connectivity index (χ1n) is 7.05. The van der Waals surface area contributed by atoms with Gasteiger partial charge in [-0.25, -0.2) is 8.78 Å². The standard InChI is InChI=1S/C15H22F2N2/c1-2-18-10-12-3-5-19(6-4-12)11-13-7-14(16)9-15(17)8-13/h7-9,12,18H,2-6,10-11H2,1H3. The lowest BCUT2D eigenvalue weighted by molar-refractivity contribution is 0.175. The molecule has 0 atom stereocenters. The van der Waals surface area contributed by atoms with E-state index in [-0.39, 0.29) is 0 Å². The Morgan fingerprint density at radius 1 is 1.16 bits per heavy atom. The molecule has 1 fully saturated rings. The second-order valence-electron chi connectivity index (χ2n) is 5.30. The Bertz CT molecular complexity index is 381. The van der Waals surface area contributed by atoms with Crippen molar-refractivity contribution < 1.29 is 8.78 Å². The summed E-state index contributed by atoms with van der Waals surface area (Å²) in [6.07, 6.45) is 2.32. The molecule has 0 bridgehead atoms. The molecule has 0 saturated carbocycles. The topological polar surface area (TPSA) is 15.3 Å². The van der Waals surface area contributed by atoms with Crippen molar-refractivity contribution in [3.05, 3.63) is 35.4 Å². The molecule has 0 radical (unpaired) electrons. The van der Waals surface area contributed by atoms with E-state index in [9.17, 15) is 8.78 Å². The zero-order valence-corrected chi connectivity index (χ0v) is 11.5. The monoisotopic (exact) mass is 268 g/mol. The van der Waals surface area contributed by atoms with Crippen LogP contribution in [0.15, 0.2) is 18.2 Å². The highest BCUT2D eigenvalue weighted by atomic mass is 19.1. The fourth-order valence-corrected chi connectivity index (χ4v) is 2.66. The van der Waals surface area contributed by atoms with Gasteiger partial charge in [0.05, 0.1) is 0 Å². The number of benzene rings is 1. The van der Waals surface area contributed by atoms with Crippen molar-refractivity contribution in [1.29, 1.82) is 0 Å². The van der Waals surface area contributed by atoms with Gasteiger partial charge in [-0.1, -0.05) is 6.92 Å². The van der Waals surface area contributed by atoms with Crippen LogP contribution in [0.5, 0.6) is 0 Å². The molecule has 0 aliphatic carbocycles. The van der Waals surface area contributed by atoms with Gasteiger partial charge in [0.15, 0.2) is 0 Å². The Morgan fingerprint density at radius 3 is 2.37 bits per heavy atom. The van der Waals surface area contributed by atoms with E-state index in [2.05, 4.69) is 17.1 Å². The van der Waals surface area contributed by atoms with Crippen LogP contribution in [-0.4, -0.2) is 31.1 Å². The van der Waals surface area contributed by atoms with Crippen LogP contribution in [-0.2, 0) is 6.54 Å². The predicted molar refractivity (Wildman–Crippen MR) is 72.9 cm³/mol. The van der Waals surface area contributed by atoms with Crippen molar-refractivity contribution in [3.8, 4) is 0 Å². The van der Waals surface area contributed by atoms with Gasteiger partial charge in [-0.3, -0.25) is 4.90 Å². The number of halogens is 2. The Hall–Kier alpha value is -1.00. The first-order chi connectivity index (χ1) is 9.17. The summed E-state index contributed by atoms with van der Waals surface area (Å²) in [6, 6.07) is 3.77. The van der Waals surface area contributed by atoms with E-state index in [4.69, 9.17) is 0 Å². The van der Waals surface area contributed by atoms with Crippen molar-refractivity contribution in [1.82, 2.24) is 10.2 Å². The number of nitrogens with one attached hydrogen (secondary N) is 1. The lowest BCUT2D eigenvalue weighted by Crippen LogP contribution is -2.36. The molecule has 0 spiro atoms. The van der Waals surface area contributed by atoms with Gasteiger partial charge in [0, 0.05) is 12.6 Å². The maximum atomic E-state index is 13.1. The molecule has 1 heterocycles. The van der Waals surface area contributed by atoms with Gasteiger partial charge in [-0.15, -0.1) is 0 Å². The molecule has 106 valence electrons. The van der Waals surface area contributed by atoms with E-state index >= 15 is 0 Å². The van der Waals surface area contributed by atoms with Gasteiger partial charge in [0.1, 0.15) is 11.6 Å². The maximum Gasteiger partial charge on any atom is 0.126 e. The van der Waals surface area contributed by atoms with E-state index in [1.54, 1.807) is 0 Å². The van der Waals surface area contributed by atoms with Gasteiger partial charge in [0.25, 0.3) is 0 Å². The average Bonchev–Trinajstić information content (AvgIpc) is 2.37. The molecule has 4 heteroatoms. The Balaban J connectivity index is 1.82. The summed E-state index contributed by atoms with van der Waals surface area (Å²) in [4.78, 5) is 2.27. The minimum atomic E-state index is -0.489.